The number of furan rings is 1. The number of likely N-dealkylation sites (N-methyl/N-ethyl adjacent to an activating group) is 1. The van der Waals surface area contributed by atoms with Crippen LogP contribution in [-0.2, 0) is 6.42 Å². The van der Waals surface area contributed by atoms with E-state index in [0.717, 1.165) is 47.4 Å². The highest BCUT2D eigenvalue weighted by Gasteiger charge is 2.10. The topological polar surface area (TPSA) is 40.2 Å². The second-order valence-electron chi connectivity index (χ2n) is 6.63. The van der Waals surface area contributed by atoms with Crippen LogP contribution in [0.2, 0.25) is 0 Å². The molecule has 0 N–H and O–H groups in total. The molecule has 0 aliphatic heterocycles. The van der Waals surface area contributed by atoms with Crippen LogP contribution in [0.4, 0.5) is 0 Å². The molecule has 0 saturated heterocycles. The normalized spacial score (nSPS) is 11.4. The van der Waals surface area contributed by atoms with Gasteiger partial charge in [0.2, 0.25) is 0 Å². The molecule has 0 amide bonds. The molecule has 128 valence electrons. The molecular weight excluding hydrogens is 308 g/mol. The van der Waals surface area contributed by atoms with Crippen LogP contribution in [0.25, 0.3) is 22.1 Å². The Kier molecular flexibility index (Phi) is 5.21. The zero-order chi connectivity index (χ0) is 17.8. The zero-order valence-electron chi connectivity index (χ0n) is 15.1. The second-order valence-corrected chi connectivity index (χ2v) is 6.63. The summed E-state index contributed by atoms with van der Waals surface area (Å²) in [5, 5.41) is 10.0. The molecule has 1 heterocycles. The lowest BCUT2D eigenvalue weighted by molar-refractivity contribution is 0.232. The lowest BCUT2D eigenvalue weighted by Crippen LogP contribution is -2.32. The van der Waals surface area contributed by atoms with Gasteiger partial charge in [-0.1, -0.05) is 25.1 Å². The van der Waals surface area contributed by atoms with Crippen LogP contribution in [0, 0.1) is 11.3 Å². The Hall–Kier alpha value is -2.57. The van der Waals surface area contributed by atoms with E-state index in [1.54, 1.807) is 0 Å². The standard InChI is InChI=1S/C22H24N2O/c1-4-24(16(2)3)12-11-21-14-20-13-19(9-10-22(20)25-21)18-7-5-17(15-23)6-8-18/h5-10,13-14,16H,4,11-12H2,1-3H3. The first-order valence-corrected chi connectivity index (χ1v) is 8.87. The number of hydrogen-bond acceptors (Lipinski definition) is 3. The van der Waals surface area contributed by atoms with Crippen LogP contribution >= 0.6 is 0 Å². The first kappa shape index (κ1) is 17.3. The van der Waals surface area contributed by atoms with Gasteiger partial charge >= 0.3 is 0 Å². The van der Waals surface area contributed by atoms with E-state index in [4.69, 9.17) is 9.68 Å². The summed E-state index contributed by atoms with van der Waals surface area (Å²) in [7, 11) is 0. The van der Waals surface area contributed by atoms with Crippen molar-refractivity contribution in [3.8, 4) is 17.2 Å². The number of benzene rings is 2. The molecule has 0 aliphatic rings. The third kappa shape index (κ3) is 3.92. The predicted octanol–water partition coefficient (Wildman–Crippen LogP) is 5.24. The van der Waals surface area contributed by atoms with Gasteiger partial charge in [-0.3, -0.25) is 0 Å². The molecule has 0 atom stereocenters. The maximum Gasteiger partial charge on any atom is 0.134 e. The Labute approximate surface area is 149 Å². The second kappa shape index (κ2) is 7.55. The maximum atomic E-state index is 8.92. The van der Waals surface area contributed by atoms with Crippen LogP contribution in [0.5, 0.6) is 0 Å². The van der Waals surface area contributed by atoms with Crippen molar-refractivity contribution in [3.63, 3.8) is 0 Å². The van der Waals surface area contributed by atoms with Crippen molar-refractivity contribution in [1.82, 2.24) is 4.90 Å². The Morgan fingerprint density at radius 1 is 1.04 bits per heavy atom. The Morgan fingerprint density at radius 2 is 1.76 bits per heavy atom. The highest BCUT2D eigenvalue weighted by atomic mass is 16.3. The number of fused-ring (bicyclic) bond motifs is 1. The summed E-state index contributed by atoms with van der Waals surface area (Å²) in [5.41, 5.74) is 3.86. The molecule has 0 saturated carbocycles. The lowest BCUT2D eigenvalue weighted by atomic mass is 10.0. The molecule has 0 fully saturated rings. The minimum atomic E-state index is 0.553. The first-order valence-electron chi connectivity index (χ1n) is 8.87. The van der Waals surface area contributed by atoms with Crippen molar-refractivity contribution in [2.75, 3.05) is 13.1 Å². The average molecular weight is 332 g/mol. The molecule has 0 unspecified atom stereocenters. The van der Waals surface area contributed by atoms with Gasteiger partial charge in [-0.2, -0.15) is 5.26 Å². The summed E-state index contributed by atoms with van der Waals surface area (Å²) in [6.45, 7) is 8.72. The van der Waals surface area contributed by atoms with Gasteiger partial charge in [-0.05, 0) is 61.9 Å². The maximum absolute atomic E-state index is 8.92. The van der Waals surface area contributed by atoms with E-state index >= 15 is 0 Å². The molecule has 3 rings (SSSR count). The smallest absolute Gasteiger partial charge is 0.134 e. The van der Waals surface area contributed by atoms with E-state index in [1.807, 2.05) is 30.3 Å². The van der Waals surface area contributed by atoms with E-state index in [1.165, 1.54) is 0 Å². The molecule has 3 nitrogen and oxygen atoms in total. The first-order chi connectivity index (χ1) is 12.1. The summed E-state index contributed by atoms with van der Waals surface area (Å²) in [5.74, 6) is 1.03. The quantitative estimate of drug-likeness (QED) is 0.619. The molecule has 0 radical (unpaired) electrons. The fourth-order valence-corrected chi connectivity index (χ4v) is 3.17. The van der Waals surface area contributed by atoms with Crippen molar-refractivity contribution in [2.45, 2.75) is 33.2 Å². The molecule has 25 heavy (non-hydrogen) atoms. The Bertz CT molecular complexity index is 885. The Morgan fingerprint density at radius 3 is 2.40 bits per heavy atom. The van der Waals surface area contributed by atoms with Gasteiger partial charge in [-0.25, -0.2) is 0 Å². The largest absolute Gasteiger partial charge is 0.461 e. The lowest BCUT2D eigenvalue weighted by Gasteiger charge is -2.23. The van der Waals surface area contributed by atoms with Crippen LogP contribution in [0.1, 0.15) is 32.1 Å². The minimum absolute atomic E-state index is 0.553. The third-order valence-corrected chi connectivity index (χ3v) is 4.70. The van der Waals surface area contributed by atoms with Crippen molar-refractivity contribution in [2.24, 2.45) is 0 Å². The summed E-state index contributed by atoms with van der Waals surface area (Å²) in [6, 6.07) is 18.8. The Balaban J connectivity index is 1.80. The molecular formula is C22H24N2O. The van der Waals surface area contributed by atoms with Crippen LogP contribution < -0.4 is 0 Å². The van der Waals surface area contributed by atoms with Gasteiger partial charge in [0.15, 0.2) is 0 Å². The minimum Gasteiger partial charge on any atom is -0.461 e. The van der Waals surface area contributed by atoms with E-state index in [2.05, 4.69) is 49.9 Å². The van der Waals surface area contributed by atoms with E-state index in [9.17, 15) is 0 Å². The van der Waals surface area contributed by atoms with E-state index in [-0.39, 0.29) is 0 Å². The predicted molar refractivity (Wildman–Crippen MR) is 102 cm³/mol. The van der Waals surface area contributed by atoms with Gasteiger partial charge in [-0.15, -0.1) is 0 Å². The van der Waals surface area contributed by atoms with Gasteiger partial charge in [0, 0.05) is 24.4 Å². The molecule has 3 heteroatoms. The van der Waals surface area contributed by atoms with E-state index < -0.39 is 0 Å². The summed E-state index contributed by atoms with van der Waals surface area (Å²) >= 11 is 0. The molecule has 2 aromatic carbocycles. The number of nitrogens with zero attached hydrogens (tertiary/aromatic N) is 2. The molecule has 3 aromatic rings. The van der Waals surface area contributed by atoms with Crippen LogP contribution in [0.3, 0.4) is 0 Å². The van der Waals surface area contributed by atoms with Crippen molar-refractivity contribution >= 4 is 11.0 Å². The molecule has 0 bridgehead atoms. The van der Waals surface area contributed by atoms with Crippen LogP contribution in [-0.4, -0.2) is 24.0 Å². The highest BCUT2D eigenvalue weighted by molar-refractivity contribution is 5.84. The third-order valence-electron chi connectivity index (χ3n) is 4.70. The zero-order valence-corrected chi connectivity index (χ0v) is 15.1. The monoisotopic (exact) mass is 332 g/mol. The average Bonchev–Trinajstić information content (AvgIpc) is 3.04. The van der Waals surface area contributed by atoms with Crippen molar-refractivity contribution in [1.29, 1.82) is 5.26 Å². The van der Waals surface area contributed by atoms with Crippen LogP contribution in [0.15, 0.2) is 52.9 Å². The van der Waals surface area contributed by atoms with Crippen molar-refractivity contribution < 1.29 is 4.42 Å². The number of hydrogen-bond donors (Lipinski definition) is 0. The molecule has 0 spiro atoms. The van der Waals surface area contributed by atoms with Crippen molar-refractivity contribution in [3.05, 3.63) is 59.9 Å². The number of nitriles is 1. The molecule has 0 aliphatic carbocycles. The fraction of sp³-hybridized carbons (Fsp3) is 0.318. The van der Waals surface area contributed by atoms with Gasteiger partial charge < -0.3 is 9.32 Å². The van der Waals surface area contributed by atoms with Gasteiger partial charge in [0.25, 0.3) is 0 Å². The van der Waals surface area contributed by atoms with E-state index in [0.29, 0.717) is 11.6 Å². The summed E-state index contributed by atoms with van der Waals surface area (Å²) in [4.78, 5) is 2.44. The van der Waals surface area contributed by atoms with Gasteiger partial charge in [0.1, 0.15) is 11.3 Å². The fourth-order valence-electron chi connectivity index (χ4n) is 3.17. The highest BCUT2D eigenvalue weighted by Crippen LogP contribution is 2.27. The summed E-state index contributed by atoms with van der Waals surface area (Å²) < 4.78 is 6.00. The SMILES string of the molecule is CCN(CCc1cc2cc(-c3ccc(C#N)cc3)ccc2o1)C(C)C. The summed E-state index contributed by atoms with van der Waals surface area (Å²) in [6.07, 6.45) is 0.924. The molecule has 1 aromatic heterocycles. The number of rotatable bonds is 6. The van der Waals surface area contributed by atoms with Gasteiger partial charge in [0.05, 0.1) is 11.6 Å².